The van der Waals surface area contributed by atoms with Gasteiger partial charge < -0.3 is 20.7 Å². The Balaban J connectivity index is 1.71. The van der Waals surface area contributed by atoms with Gasteiger partial charge in [-0.3, -0.25) is 9.79 Å². The molecule has 0 unspecified atom stereocenters. The zero-order valence-corrected chi connectivity index (χ0v) is 15.6. The molecule has 6 nitrogen and oxygen atoms in total. The molecule has 0 aliphatic heterocycles. The molecule has 2 rings (SSSR count). The maximum Gasteiger partial charge on any atom is 0.251 e. The maximum atomic E-state index is 12.1. The van der Waals surface area contributed by atoms with Crippen LogP contribution in [0.1, 0.15) is 15.9 Å². The number of rotatable bonds is 7. The van der Waals surface area contributed by atoms with Gasteiger partial charge in [-0.25, -0.2) is 0 Å². The number of hydrogen-bond acceptors (Lipinski definition) is 3. The van der Waals surface area contributed by atoms with Gasteiger partial charge in [0.15, 0.2) is 5.96 Å². The highest BCUT2D eigenvalue weighted by molar-refractivity contribution is 6.31. The minimum absolute atomic E-state index is 0.131. The highest BCUT2D eigenvalue weighted by Crippen LogP contribution is 2.14. The SMILES string of the molecule is CN=C(NCCNC(=O)c1ccc(OC)cc1)NCc1ccccc1Cl. The summed E-state index contributed by atoms with van der Waals surface area (Å²) in [5.41, 5.74) is 1.58. The van der Waals surface area contributed by atoms with Gasteiger partial charge in [0.05, 0.1) is 7.11 Å². The molecule has 2 aromatic rings. The Morgan fingerprint density at radius 3 is 2.38 bits per heavy atom. The molecule has 138 valence electrons. The molecule has 0 saturated carbocycles. The Morgan fingerprint density at radius 2 is 1.73 bits per heavy atom. The average Bonchev–Trinajstić information content (AvgIpc) is 2.68. The van der Waals surface area contributed by atoms with Crippen LogP contribution in [0.2, 0.25) is 5.02 Å². The average molecular weight is 375 g/mol. The van der Waals surface area contributed by atoms with E-state index in [1.54, 1.807) is 38.4 Å². The molecule has 0 saturated heterocycles. The summed E-state index contributed by atoms with van der Waals surface area (Å²) < 4.78 is 5.08. The number of ether oxygens (including phenoxy) is 1. The van der Waals surface area contributed by atoms with E-state index < -0.39 is 0 Å². The van der Waals surface area contributed by atoms with E-state index in [9.17, 15) is 4.79 Å². The molecule has 0 aromatic heterocycles. The Hall–Kier alpha value is -2.73. The van der Waals surface area contributed by atoms with E-state index in [1.165, 1.54) is 0 Å². The first-order chi connectivity index (χ1) is 12.6. The van der Waals surface area contributed by atoms with Gasteiger partial charge in [-0.15, -0.1) is 0 Å². The lowest BCUT2D eigenvalue weighted by atomic mass is 10.2. The van der Waals surface area contributed by atoms with E-state index in [0.29, 0.717) is 36.2 Å². The van der Waals surface area contributed by atoms with Crippen molar-refractivity contribution in [2.45, 2.75) is 6.54 Å². The van der Waals surface area contributed by atoms with Crippen molar-refractivity contribution >= 4 is 23.5 Å². The molecule has 0 bridgehead atoms. The fourth-order valence-corrected chi connectivity index (χ4v) is 2.45. The molecule has 3 N–H and O–H groups in total. The third kappa shape index (κ3) is 5.97. The van der Waals surface area contributed by atoms with Crippen molar-refractivity contribution < 1.29 is 9.53 Å². The van der Waals surface area contributed by atoms with Crippen molar-refractivity contribution in [1.29, 1.82) is 0 Å². The number of nitrogens with zero attached hydrogens (tertiary/aromatic N) is 1. The van der Waals surface area contributed by atoms with E-state index in [1.807, 2.05) is 24.3 Å². The highest BCUT2D eigenvalue weighted by atomic mass is 35.5. The molecule has 0 heterocycles. The molecule has 0 radical (unpaired) electrons. The first kappa shape index (κ1) is 19.6. The van der Waals surface area contributed by atoms with Crippen molar-refractivity contribution in [3.05, 3.63) is 64.7 Å². The second kappa shape index (κ2) is 10.3. The third-order valence-electron chi connectivity index (χ3n) is 3.68. The van der Waals surface area contributed by atoms with Gasteiger partial charge >= 0.3 is 0 Å². The number of amides is 1. The second-order valence-electron chi connectivity index (χ2n) is 5.43. The molecule has 2 aromatic carbocycles. The lowest BCUT2D eigenvalue weighted by Gasteiger charge is -2.13. The predicted octanol–water partition coefficient (Wildman–Crippen LogP) is 2.44. The number of aliphatic imine (C=N–C) groups is 1. The van der Waals surface area contributed by atoms with Gasteiger partial charge in [0.25, 0.3) is 5.91 Å². The van der Waals surface area contributed by atoms with Crippen LogP contribution in [-0.2, 0) is 6.54 Å². The topological polar surface area (TPSA) is 74.8 Å². The van der Waals surface area contributed by atoms with Crippen LogP contribution < -0.4 is 20.7 Å². The van der Waals surface area contributed by atoms with Crippen molar-refractivity contribution in [3.8, 4) is 5.75 Å². The van der Waals surface area contributed by atoms with E-state index in [4.69, 9.17) is 16.3 Å². The van der Waals surface area contributed by atoms with Gasteiger partial charge in [0.2, 0.25) is 0 Å². The standard InChI is InChI=1S/C19H23ClN4O2/c1-21-19(24-13-15-5-3-4-6-17(15)20)23-12-11-22-18(25)14-7-9-16(26-2)10-8-14/h3-10H,11-13H2,1-2H3,(H,22,25)(H2,21,23,24). The van der Waals surface area contributed by atoms with Crippen LogP contribution in [0.25, 0.3) is 0 Å². The number of methoxy groups -OCH3 is 1. The highest BCUT2D eigenvalue weighted by Gasteiger charge is 2.05. The molecule has 0 aliphatic carbocycles. The Bertz CT molecular complexity index is 747. The number of hydrogen-bond donors (Lipinski definition) is 3. The number of carbonyl (C=O) groups excluding carboxylic acids is 1. The Kier molecular flexibility index (Phi) is 7.76. The molecular formula is C19H23ClN4O2. The van der Waals surface area contributed by atoms with E-state index in [0.717, 1.165) is 11.3 Å². The minimum Gasteiger partial charge on any atom is -0.497 e. The summed E-state index contributed by atoms with van der Waals surface area (Å²) in [7, 11) is 3.28. The number of nitrogens with one attached hydrogen (secondary N) is 3. The van der Waals surface area contributed by atoms with Gasteiger partial charge in [-0.2, -0.15) is 0 Å². The van der Waals surface area contributed by atoms with Gasteiger partial charge in [-0.1, -0.05) is 29.8 Å². The fourth-order valence-electron chi connectivity index (χ4n) is 2.24. The summed E-state index contributed by atoms with van der Waals surface area (Å²) in [5, 5.41) is 9.90. The molecule has 0 aliphatic rings. The summed E-state index contributed by atoms with van der Waals surface area (Å²) in [6.45, 7) is 1.58. The smallest absolute Gasteiger partial charge is 0.251 e. The predicted molar refractivity (Wildman–Crippen MR) is 105 cm³/mol. The van der Waals surface area contributed by atoms with E-state index in [2.05, 4.69) is 20.9 Å². The molecular weight excluding hydrogens is 352 g/mol. The van der Waals surface area contributed by atoms with Crippen molar-refractivity contribution in [3.63, 3.8) is 0 Å². The summed E-state index contributed by atoms with van der Waals surface area (Å²) in [4.78, 5) is 16.2. The molecule has 26 heavy (non-hydrogen) atoms. The Morgan fingerprint density at radius 1 is 1.04 bits per heavy atom. The molecule has 1 amide bonds. The first-order valence-electron chi connectivity index (χ1n) is 8.24. The summed E-state index contributed by atoms with van der Waals surface area (Å²) in [6, 6.07) is 14.6. The maximum absolute atomic E-state index is 12.1. The lowest BCUT2D eigenvalue weighted by molar-refractivity contribution is 0.0954. The number of guanidine groups is 1. The van der Waals surface area contributed by atoms with Crippen LogP contribution in [0.5, 0.6) is 5.75 Å². The molecule has 7 heteroatoms. The quantitative estimate of drug-likeness (QED) is 0.395. The Labute approximate surface area is 158 Å². The fraction of sp³-hybridized carbons (Fsp3) is 0.263. The second-order valence-corrected chi connectivity index (χ2v) is 5.84. The third-order valence-corrected chi connectivity index (χ3v) is 4.05. The van der Waals surface area contributed by atoms with Crippen LogP contribution >= 0.6 is 11.6 Å². The monoisotopic (exact) mass is 374 g/mol. The van der Waals surface area contributed by atoms with Crippen LogP contribution in [0, 0.1) is 0 Å². The van der Waals surface area contributed by atoms with Crippen molar-refractivity contribution in [2.24, 2.45) is 4.99 Å². The number of halogens is 1. The summed E-state index contributed by atoms with van der Waals surface area (Å²) in [5.74, 6) is 1.23. The van der Waals surface area contributed by atoms with Crippen LogP contribution in [-0.4, -0.2) is 39.1 Å². The van der Waals surface area contributed by atoms with E-state index >= 15 is 0 Å². The number of benzene rings is 2. The van der Waals surface area contributed by atoms with Crippen molar-refractivity contribution in [2.75, 3.05) is 27.2 Å². The zero-order chi connectivity index (χ0) is 18.8. The molecule has 0 fully saturated rings. The lowest BCUT2D eigenvalue weighted by Crippen LogP contribution is -2.41. The minimum atomic E-state index is -0.131. The zero-order valence-electron chi connectivity index (χ0n) is 14.9. The van der Waals surface area contributed by atoms with Crippen LogP contribution in [0.3, 0.4) is 0 Å². The molecule has 0 spiro atoms. The van der Waals surface area contributed by atoms with E-state index in [-0.39, 0.29) is 5.91 Å². The van der Waals surface area contributed by atoms with Gasteiger partial charge in [0.1, 0.15) is 5.75 Å². The van der Waals surface area contributed by atoms with Crippen molar-refractivity contribution in [1.82, 2.24) is 16.0 Å². The summed E-state index contributed by atoms with van der Waals surface area (Å²) >= 11 is 6.13. The largest absolute Gasteiger partial charge is 0.497 e. The van der Waals surface area contributed by atoms with Gasteiger partial charge in [0, 0.05) is 37.3 Å². The summed E-state index contributed by atoms with van der Waals surface area (Å²) in [6.07, 6.45) is 0. The molecule has 0 atom stereocenters. The van der Waals surface area contributed by atoms with Crippen LogP contribution in [0.15, 0.2) is 53.5 Å². The van der Waals surface area contributed by atoms with Crippen LogP contribution in [0.4, 0.5) is 0 Å². The first-order valence-corrected chi connectivity index (χ1v) is 8.62. The van der Waals surface area contributed by atoms with Gasteiger partial charge in [-0.05, 0) is 35.9 Å². The number of carbonyl (C=O) groups is 1. The normalized spacial score (nSPS) is 11.0.